The van der Waals surface area contributed by atoms with Crippen molar-refractivity contribution < 1.29 is 9.90 Å². The molecule has 0 aliphatic carbocycles. The van der Waals surface area contributed by atoms with Crippen LogP contribution in [0, 0.1) is 0 Å². The van der Waals surface area contributed by atoms with E-state index in [9.17, 15) is 4.79 Å². The van der Waals surface area contributed by atoms with Gasteiger partial charge in [-0.05, 0) is 23.9 Å². The molecule has 0 radical (unpaired) electrons. The van der Waals surface area contributed by atoms with Gasteiger partial charge in [-0.1, -0.05) is 0 Å². The van der Waals surface area contributed by atoms with Crippen molar-refractivity contribution in [3.05, 3.63) is 17.5 Å². The second kappa shape index (κ2) is 6.20. The fourth-order valence-corrected chi connectivity index (χ4v) is 2.07. The van der Waals surface area contributed by atoms with E-state index in [1.54, 1.807) is 6.07 Å². The van der Waals surface area contributed by atoms with Crippen molar-refractivity contribution in [2.45, 2.75) is 11.8 Å². The van der Waals surface area contributed by atoms with E-state index in [0.29, 0.717) is 23.8 Å². The fourth-order valence-electron chi connectivity index (χ4n) is 1.07. The number of carboxylic acid groups (broad SMARTS) is 1. The van der Waals surface area contributed by atoms with Crippen molar-refractivity contribution in [3.8, 4) is 0 Å². The minimum absolute atomic E-state index is 0.187. The van der Waals surface area contributed by atoms with Gasteiger partial charge in [0.15, 0.2) is 0 Å². The zero-order valence-corrected chi connectivity index (χ0v) is 10.2. The highest BCUT2D eigenvalue weighted by molar-refractivity contribution is 7.14. The molecule has 1 heterocycles. The number of anilines is 1. The van der Waals surface area contributed by atoms with Gasteiger partial charge in [-0.15, -0.1) is 34.5 Å². The van der Waals surface area contributed by atoms with Gasteiger partial charge in [-0.3, -0.25) is 4.90 Å². The van der Waals surface area contributed by atoms with E-state index in [1.165, 1.54) is 16.2 Å². The number of alkyl halides is 2. The summed E-state index contributed by atoms with van der Waals surface area (Å²) in [6, 6.07) is 3.58. The van der Waals surface area contributed by atoms with Gasteiger partial charge in [0, 0.05) is 17.8 Å². The van der Waals surface area contributed by atoms with E-state index in [-0.39, 0.29) is 5.38 Å². The van der Waals surface area contributed by atoms with E-state index in [4.69, 9.17) is 28.3 Å². The third kappa shape index (κ3) is 3.89. The van der Waals surface area contributed by atoms with E-state index < -0.39 is 6.09 Å². The molecule has 1 unspecified atom stereocenters. The van der Waals surface area contributed by atoms with Gasteiger partial charge < -0.3 is 5.11 Å². The monoisotopic (exact) mass is 267 g/mol. The molecule has 84 valence electrons. The lowest BCUT2D eigenvalue weighted by atomic mass is 10.3. The molecule has 0 fully saturated rings. The van der Waals surface area contributed by atoms with E-state index in [0.717, 1.165) is 0 Å². The summed E-state index contributed by atoms with van der Waals surface area (Å²) in [5.74, 6) is 0.333. The molecule has 3 nitrogen and oxygen atoms in total. The van der Waals surface area contributed by atoms with Crippen LogP contribution >= 0.6 is 34.5 Å². The van der Waals surface area contributed by atoms with Gasteiger partial charge in [-0.2, -0.15) is 0 Å². The zero-order valence-electron chi connectivity index (χ0n) is 7.90. The molecule has 1 N–H and O–H groups in total. The maximum absolute atomic E-state index is 11.0. The van der Waals surface area contributed by atoms with Crippen molar-refractivity contribution in [1.29, 1.82) is 0 Å². The van der Waals surface area contributed by atoms with Gasteiger partial charge >= 0.3 is 6.09 Å². The standard InChI is InChI=1S/C9H11Cl2NO2S/c10-6-7(11)3-4-12(9(13)14)8-2-1-5-15-8/h1-2,5,7H,3-4,6H2,(H,13,14). The third-order valence-electron chi connectivity index (χ3n) is 1.84. The molecule has 0 aromatic carbocycles. The van der Waals surface area contributed by atoms with Crippen LogP contribution in [0.5, 0.6) is 0 Å². The lowest BCUT2D eigenvalue weighted by molar-refractivity contribution is 0.202. The highest BCUT2D eigenvalue weighted by atomic mass is 35.5. The van der Waals surface area contributed by atoms with Crippen LogP contribution in [0.4, 0.5) is 9.80 Å². The predicted molar refractivity (Wildman–Crippen MR) is 64.7 cm³/mol. The summed E-state index contributed by atoms with van der Waals surface area (Å²) in [6.45, 7) is 0.372. The Labute approximate surface area is 102 Å². The predicted octanol–water partition coefficient (Wildman–Crippen LogP) is 3.47. The van der Waals surface area contributed by atoms with Crippen LogP contribution in [0.1, 0.15) is 6.42 Å². The topological polar surface area (TPSA) is 40.5 Å². The summed E-state index contributed by atoms with van der Waals surface area (Å²) < 4.78 is 0. The van der Waals surface area contributed by atoms with Crippen molar-refractivity contribution in [3.63, 3.8) is 0 Å². The fraction of sp³-hybridized carbons (Fsp3) is 0.444. The highest BCUT2D eigenvalue weighted by Crippen LogP contribution is 2.22. The van der Waals surface area contributed by atoms with Crippen LogP contribution in [-0.4, -0.2) is 29.0 Å². The zero-order chi connectivity index (χ0) is 11.3. The molecular weight excluding hydrogens is 257 g/mol. The number of hydrogen-bond acceptors (Lipinski definition) is 2. The van der Waals surface area contributed by atoms with Gasteiger partial charge in [0.25, 0.3) is 0 Å². The molecule has 0 saturated heterocycles. The van der Waals surface area contributed by atoms with Crippen LogP contribution in [0.25, 0.3) is 0 Å². The highest BCUT2D eigenvalue weighted by Gasteiger charge is 2.16. The van der Waals surface area contributed by atoms with E-state index in [2.05, 4.69) is 0 Å². The van der Waals surface area contributed by atoms with Crippen LogP contribution in [-0.2, 0) is 0 Å². The first kappa shape index (κ1) is 12.6. The Kier molecular flexibility index (Phi) is 5.22. The molecule has 0 bridgehead atoms. The average Bonchev–Trinajstić information content (AvgIpc) is 2.70. The lowest BCUT2D eigenvalue weighted by Crippen LogP contribution is -2.31. The van der Waals surface area contributed by atoms with Crippen molar-refractivity contribution in [2.24, 2.45) is 0 Å². The Morgan fingerprint density at radius 3 is 2.87 bits per heavy atom. The first-order chi connectivity index (χ1) is 7.15. The van der Waals surface area contributed by atoms with Crippen molar-refractivity contribution >= 4 is 45.6 Å². The molecule has 1 amide bonds. The number of halogens is 2. The number of rotatable bonds is 5. The number of carbonyl (C=O) groups is 1. The first-order valence-electron chi connectivity index (χ1n) is 4.39. The Morgan fingerprint density at radius 1 is 1.67 bits per heavy atom. The van der Waals surface area contributed by atoms with Crippen LogP contribution in [0.15, 0.2) is 17.5 Å². The van der Waals surface area contributed by atoms with Gasteiger partial charge in [0.2, 0.25) is 0 Å². The summed E-state index contributed by atoms with van der Waals surface area (Å²) >= 11 is 12.8. The third-order valence-corrected chi connectivity index (χ3v) is 3.63. The van der Waals surface area contributed by atoms with Crippen molar-refractivity contribution in [2.75, 3.05) is 17.3 Å². The van der Waals surface area contributed by atoms with Crippen LogP contribution < -0.4 is 4.90 Å². The first-order valence-corrected chi connectivity index (χ1v) is 6.24. The largest absolute Gasteiger partial charge is 0.465 e. The van der Waals surface area contributed by atoms with Crippen LogP contribution in [0.3, 0.4) is 0 Å². The van der Waals surface area contributed by atoms with Crippen molar-refractivity contribution in [1.82, 2.24) is 0 Å². The molecule has 0 aliphatic heterocycles. The van der Waals surface area contributed by atoms with E-state index >= 15 is 0 Å². The van der Waals surface area contributed by atoms with E-state index in [1.807, 2.05) is 11.4 Å². The summed E-state index contributed by atoms with van der Waals surface area (Å²) in [6.07, 6.45) is -0.411. The number of hydrogen-bond donors (Lipinski definition) is 1. The number of thiophene rings is 1. The molecule has 6 heteroatoms. The Balaban J connectivity index is 2.57. The second-order valence-corrected chi connectivity index (χ2v) is 4.78. The molecule has 15 heavy (non-hydrogen) atoms. The molecule has 1 atom stereocenters. The quantitative estimate of drug-likeness (QED) is 0.830. The Morgan fingerprint density at radius 2 is 2.40 bits per heavy atom. The Hall–Kier alpha value is -0.450. The summed E-state index contributed by atoms with van der Waals surface area (Å²) in [5.41, 5.74) is 0. The SMILES string of the molecule is O=C(O)N(CCC(Cl)CCl)c1cccs1. The lowest BCUT2D eigenvalue weighted by Gasteiger charge is -2.17. The molecule has 0 spiro atoms. The van der Waals surface area contributed by atoms with Gasteiger partial charge in [-0.25, -0.2) is 4.79 Å². The van der Waals surface area contributed by atoms with Gasteiger partial charge in [0.1, 0.15) is 5.00 Å². The maximum Gasteiger partial charge on any atom is 0.412 e. The minimum atomic E-state index is -0.962. The normalized spacial score (nSPS) is 12.4. The minimum Gasteiger partial charge on any atom is -0.465 e. The molecule has 1 aromatic heterocycles. The summed E-state index contributed by atoms with van der Waals surface area (Å²) in [7, 11) is 0. The van der Waals surface area contributed by atoms with Gasteiger partial charge in [0.05, 0.1) is 0 Å². The Bertz CT molecular complexity index is 305. The molecule has 1 aromatic rings. The summed E-state index contributed by atoms with van der Waals surface area (Å²) in [5, 5.41) is 11.3. The molecular formula is C9H11Cl2NO2S. The smallest absolute Gasteiger partial charge is 0.412 e. The molecule has 0 aliphatic rings. The number of nitrogens with zero attached hydrogens (tertiary/aromatic N) is 1. The number of amides is 1. The average molecular weight is 268 g/mol. The second-order valence-electron chi connectivity index (χ2n) is 2.93. The summed E-state index contributed by atoms with van der Waals surface area (Å²) in [4.78, 5) is 12.2. The van der Waals surface area contributed by atoms with Crippen LogP contribution in [0.2, 0.25) is 0 Å². The molecule has 1 rings (SSSR count). The maximum atomic E-state index is 11.0. The molecule has 0 saturated carbocycles.